The summed E-state index contributed by atoms with van der Waals surface area (Å²) in [5.74, 6) is 0. The van der Waals surface area contributed by atoms with Crippen LogP contribution in [0.2, 0.25) is 5.02 Å². The Labute approximate surface area is 129 Å². The molecule has 1 atom stereocenters. The topological polar surface area (TPSA) is 51.8 Å². The molecule has 1 unspecified atom stereocenters. The maximum Gasteiger partial charge on any atom is 0.192 e. The number of nitrogens with zero attached hydrogens (tertiary/aromatic N) is 2. The SMILES string of the molecule is CCC(N)Cc1cccc(Cl)c1Sc1ncc(C)cn1. The lowest BCUT2D eigenvalue weighted by molar-refractivity contribution is 0.641. The van der Waals surface area contributed by atoms with E-state index < -0.39 is 0 Å². The number of hydrogen-bond acceptors (Lipinski definition) is 4. The molecule has 0 saturated heterocycles. The van der Waals surface area contributed by atoms with E-state index in [1.165, 1.54) is 11.8 Å². The Morgan fingerprint density at radius 1 is 1.30 bits per heavy atom. The van der Waals surface area contributed by atoms with Crippen LogP contribution in [-0.4, -0.2) is 16.0 Å². The largest absolute Gasteiger partial charge is 0.327 e. The molecule has 0 aliphatic carbocycles. The van der Waals surface area contributed by atoms with E-state index >= 15 is 0 Å². The predicted molar refractivity (Wildman–Crippen MR) is 84.3 cm³/mol. The van der Waals surface area contributed by atoms with Gasteiger partial charge in [-0.25, -0.2) is 9.97 Å². The summed E-state index contributed by atoms with van der Waals surface area (Å²) in [7, 11) is 0. The number of halogens is 1. The Morgan fingerprint density at radius 3 is 2.65 bits per heavy atom. The van der Waals surface area contributed by atoms with Crippen molar-refractivity contribution in [3.05, 3.63) is 46.7 Å². The third kappa shape index (κ3) is 3.95. The Bertz CT molecular complexity index is 572. The van der Waals surface area contributed by atoms with E-state index in [1.54, 1.807) is 0 Å². The van der Waals surface area contributed by atoms with Gasteiger partial charge in [-0.15, -0.1) is 0 Å². The van der Waals surface area contributed by atoms with E-state index in [1.807, 2.05) is 31.5 Å². The van der Waals surface area contributed by atoms with Gasteiger partial charge in [0.15, 0.2) is 5.16 Å². The molecule has 20 heavy (non-hydrogen) atoms. The first-order valence-electron chi connectivity index (χ1n) is 6.59. The highest BCUT2D eigenvalue weighted by atomic mass is 35.5. The van der Waals surface area contributed by atoms with E-state index in [0.29, 0.717) is 5.16 Å². The molecule has 1 aromatic heterocycles. The second kappa shape index (κ2) is 7.07. The van der Waals surface area contributed by atoms with Gasteiger partial charge in [-0.05, 0) is 48.7 Å². The molecule has 1 heterocycles. The first-order valence-corrected chi connectivity index (χ1v) is 7.79. The van der Waals surface area contributed by atoms with Crippen molar-refractivity contribution in [2.75, 3.05) is 0 Å². The summed E-state index contributed by atoms with van der Waals surface area (Å²) in [4.78, 5) is 9.64. The van der Waals surface area contributed by atoms with Crippen molar-refractivity contribution < 1.29 is 0 Å². The molecule has 106 valence electrons. The van der Waals surface area contributed by atoms with E-state index in [-0.39, 0.29) is 6.04 Å². The molecule has 2 rings (SSSR count). The van der Waals surface area contributed by atoms with Gasteiger partial charge in [0.05, 0.1) is 5.02 Å². The van der Waals surface area contributed by atoms with Crippen LogP contribution in [0.1, 0.15) is 24.5 Å². The number of hydrogen-bond donors (Lipinski definition) is 1. The van der Waals surface area contributed by atoms with Gasteiger partial charge in [0.2, 0.25) is 0 Å². The van der Waals surface area contributed by atoms with E-state index in [2.05, 4.69) is 23.0 Å². The van der Waals surface area contributed by atoms with Gasteiger partial charge in [-0.3, -0.25) is 0 Å². The lowest BCUT2D eigenvalue weighted by atomic mass is 10.0. The maximum absolute atomic E-state index is 6.32. The molecule has 0 amide bonds. The number of nitrogens with two attached hydrogens (primary N) is 1. The lowest BCUT2D eigenvalue weighted by Crippen LogP contribution is -2.21. The Hall–Kier alpha value is -1.10. The van der Waals surface area contributed by atoms with Gasteiger partial charge in [0, 0.05) is 23.3 Å². The van der Waals surface area contributed by atoms with Crippen molar-refractivity contribution >= 4 is 23.4 Å². The molecule has 0 bridgehead atoms. The third-order valence-corrected chi connectivity index (χ3v) is 4.51. The zero-order valence-corrected chi connectivity index (χ0v) is 13.2. The van der Waals surface area contributed by atoms with Gasteiger partial charge >= 0.3 is 0 Å². The molecule has 0 spiro atoms. The van der Waals surface area contributed by atoms with Gasteiger partial charge in [0.25, 0.3) is 0 Å². The first-order chi connectivity index (χ1) is 9.60. The van der Waals surface area contributed by atoms with E-state index in [0.717, 1.165) is 33.9 Å². The summed E-state index contributed by atoms with van der Waals surface area (Å²) < 4.78 is 0. The maximum atomic E-state index is 6.32. The van der Waals surface area contributed by atoms with Crippen LogP contribution in [0, 0.1) is 6.92 Å². The number of aryl methyl sites for hydroxylation is 1. The summed E-state index contributed by atoms with van der Waals surface area (Å²) in [5.41, 5.74) is 8.25. The summed E-state index contributed by atoms with van der Waals surface area (Å²) in [6, 6.07) is 6.06. The molecule has 0 aliphatic heterocycles. The molecule has 2 N–H and O–H groups in total. The number of rotatable bonds is 5. The monoisotopic (exact) mass is 307 g/mol. The van der Waals surface area contributed by atoms with Crippen LogP contribution in [0.15, 0.2) is 40.6 Å². The molecular weight excluding hydrogens is 290 g/mol. The molecule has 5 heteroatoms. The zero-order chi connectivity index (χ0) is 14.5. The fourth-order valence-corrected chi connectivity index (χ4v) is 2.93. The highest BCUT2D eigenvalue weighted by molar-refractivity contribution is 7.99. The van der Waals surface area contributed by atoms with Gasteiger partial charge < -0.3 is 5.73 Å². The molecule has 0 aliphatic rings. The van der Waals surface area contributed by atoms with Gasteiger partial charge in [0.1, 0.15) is 0 Å². The third-order valence-electron chi connectivity index (χ3n) is 3.01. The molecule has 0 saturated carbocycles. The van der Waals surface area contributed by atoms with Crippen LogP contribution in [0.5, 0.6) is 0 Å². The number of aromatic nitrogens is 2. The Morgan fingerprint density at radius 2 is 2.00 bits per heavy atom. The summed E-state index contributed by atoms with van der Waals surface area (Å²) in [6.07, 6.45) is 5.37. The van der Waals surface area contributed by atoms with E-state index in [9.17, 15) is 0 Å². The minimum Gasteiger partial charge on any atom is -0.327 e. The fraction of sp³-hybridized carbons (Fsp3) is 0.333. The highest BCUT2D eigenvalue weighted by Gasteiger charge is 2.12. The Balaban J connectivity index is 2.27. The molecular formula is C15H18ClN3S. The zero-order valence-electron chi connectivity index (χ0n) is 11.6. The molecule has 3 nitrogen and oxygen atoms in total. The number of benzene rings is 1. The minimum absolute atomic E-state index is 0.145. The van der Waals surface area contributed by atoms with Crippen LogP contribution >= 0.6 is 23.4 Å². The van der Waals surface area contributed by atoms with Crippen molar-refractivity contribution in [3.8, 4) is 0 Å². The predicted octanol–water partition coefficient (Wildman–Crippen LogP) is 3.87. The summed E-state index contributed by atoms with van der Waals surface area (Å²) >= 11 is 7.81. The Kier molecular flexibility index (Phi) is 5.40. The van der Waals surface area contributed by atoms with Crippen molar-refractivity contribution in [1.82, 2.24) is 9.97 Å². The van der Waals surface area contributed by atoms with Gasteiger partial charge in [-0.1, -0.05) is 30.7 Å². The molecule has 0 fully saturated rings. The fourth-order valence-electron chi connectivity index (χ4n) is 1.78. The van der Waals surface area contributed by atoms with Crippen LogP contribution in [0.25, 0.3) is 0 Å². The average Bonchev–Trinajstić information content (AvgIpc) is 2.44. The first kappa shape index (κ1) is 15.3. The second-order valence-electron chi connectivity index (χ2n) is 4.75. The van der Waals surface area contributed by atoms with Crippen LogP contribution < -0.4 is 5.73 Å². The van der Waals surface area contributed by atoms with E-state index in [4.69, 9.17) is 17.3 Å². The quantitative estimate of drug-likeness (QED) is 0.852. The molecule has 0 radical (unpaired) electrons. The van der Waals surface area contributed by atoms with Crippen LogP contribution in [0.3, 0.4) is 0 Å². The lowest BCUT2D eigenvalue weighted by Gasteiger charge is -2.13. The second-order valence-corrected chi connectivity index (χ2v) is 6.13. The molecule has 1 aromatic carbocycles. The van der Waals surface area contributed by atoms with Crippen molar-refractivity contribution in [1.29, 1.82) is 0 Å². The van der Waals surface area contributed by atoms with Crippen molar-refractivity contribution in [3.63, 3.8) is 0 Å². The smallest absolute Gasteiger partial charge is 0.192 e. The average molecular weight is 308 g/mol. The van der Waals surface area contributed by atoms with Crippen molar-refractivity contribution in [2.45, 2.75) is 42.8 Å². The highest BCUT2D eigenvalue weighted by Crippen LogP contribution is 2.34. The summed E-state index contributed by atoms with van der Waals surface area (Å²) in [5, 5.41) is 1.43. The van der Waals surface area contributed by atoms with Crippen molar-refractivity contribution in [2.24, 2.45) is 5.73 Å². The standard InChI is InChI=1S/C15H18ClN3S/c1-3-12(17)7-11-5-4-6-13(16)14(11)20-15-18-8-10(2)9-19-15/h4-6,8-9,12H,3,7,17H2,1-2H3. The minimum atomic E-state index is 0.145. The normalized spacial score (nSPS) is 12.4. The van der Waals surface area contributed by atoms with Gasteiger partial charge in [-0.2, -0.15) is 0 Å². The summed E-state index contributed by atoms with van der Waals surface area (Å²) in [6.45, 7) is 4.06. The van der Waals surface area contributed by atoms with Crippen LogP contribution in [-0.2, 0) is 6.42 Å². The van der Waals surface area contributed by atoms with Crippen LogP contribution in [0.4, 0.5) is 0 Å². The molecule has 2 aromatic rings.